The van der Waals surface area contributed by atoms with Gasteiger partial charge in [0, 0.05) is 37.1 Å². The van der Waals surface area contributed by atoms with Gasteiger partial charge in [0.15, 0.2) is 0 Å². The lowest BCUT2D eigenvalue weighted by molar-refractivity contribution is 0.0134. The van der Waals surface area contributed by atoms with Crippen LogP contribution < -0.4 is 0 Å². The van der Waals surface area contributed by atoms with E-state index in [1.54, 1.807) is 0 Å². The SMILES string of the molecule is Cc1nc(C)c(CN(CC2CC2)C2CCN(C(=O)OC(C)(C)C)CC2)s1. The van der Waals surface area contributed by atoms with Crippen LogP contribution in [-0.4, -0.2) is 52.2 Å². The number of piperidine rings is 1. The van der Waals surface area contributed by atoms with E-state index in [1.165, 1.54) is 30.0 Å². The smallest absolute Gasteiger partial charge is 0.410 e. The molecule has 0 radical (unpaired) electrons. The van der Waals surface area contributed by atoms with Crippen molar-refractivity contribution in [2.24, 2.45) is 5.92 Å². The number of hydrogen-bond donors (Lipinski definition) is 0. The van der Waals surface area contributed by atoms with E-state index in [0.717, 1.165) is 43.4 Å². The lowest BCUT2D eigenvalue weighted by atomic mass is 10.0. The molecule has 2 heterocycles. The van der Waals surface area contributed by atoms with Gasteiger partial charge in [0.2, 0.25) is 0 Å². The minimum atomic E-state index is -0.423. The first-order valence-electron chi connectivity index (χ1n) is 9.86. The van der Waals surface area contributed by atoms with Gasteiger partial charge in [-0.05, 0) is 66.2 Å². The Hall–Kier alpha value is -1.14. The summed E-state index contributed by atoms with van der Waals surface area (Å²) >= 11 is 1.83. The predicted molar refractivity (Wildman–Crippen MR) is 106 cm³/mol. The summed E-state index contributed by atoms with van der Waals surface area (Å²) in [6.07, 6.45) is 4.63. The molecule has 0 spiro atoms. The average molecular weight is 380 g/mol. The molecule has 1 aromatic heterocycles. The molecule has 5 nitrogen and oxygen atoms in total. The summed E-state index contributed by atoms with van der Waals surface area (Å²) in [5.41, 5.74) is 0.757. The molecule has 0 N–H and O–H groups in total. The predicted octanol–water partition coefficient (Wildman–Crippen LogP) is 4.37. The molecule has 2 fully saturated rings. The fourth-order valence-electron chi connectivity index (χ4n) is 3.62. The number of amides is 1. The fourth-order valence-corrected chi connectivity index (χ4v) is 4.58. The van der Waals surface area contributed by atoms with Crippen LogP contribution in [0.15, 0.2) is 0 Å². The molecule has 0 atom stereocenters. The molecule has 1 saturated heterocycles. The van der Waals surface area contributed by atoms with Crippen molar-refractivity contribution < 1.29 is 9.53 Å². The number of nitrogens with zero attached hydrogens (tertiary/aromatic N) is 3. The lowest BCUT2D eigenvalue weighted by Gasteiger charge is -2.39. The van der Waals surface area contributed by atoms with Gasteiger partial charge in [0.05, 0.1) is 10.7 Å². The number of aryl methyl sites for hydroxylation is 2. The van der Waals surface area contributed by atoms with Crippen LogP contribution in [0.25, 0.3) is 0 Å². The quantitative estimate of drug-likeness (QED) is 0.762. The van der Waals surface area contributed by atoms with Crippen molar-refractivity contribution in [3.63, 3.8) is 0 Å². The Balaban J connectivity index is 1.58. The van der Waals surface area contributed by atoms with Crippen molar-refractivity contribution in [1.82, 2.24) is 14.8 Å². The molecule has 1 amide bonds. The zero-order valence-electron chi connectivity index (χ0n) is 16.9. The van der Waals surface area contributed by atoms with Crippen LogP contribution >= 0.6 is 11.3 Å². The Morgan fingerprint density at radius 3 is 2.38 bits per heavy atom. The summed E-state index contributed by atoms with van der Waals surface area (Å²) in [4.78, 5) is 22.8. The maximum absolute atomic E-state index is 12.3. The zero-order chi connectivity index (χ0) is 18.9. The van der Waals surface area contributed by atoms with Gasteiger partial charge < -0.3 is 9.64 Å². The highest BCUT2D eigenvalue weighted by atomic mass is 32.1. The van der Waals surface area contributed by atoms with Crippen molar-refractivity contribution in [3.8, 4) is 0 Å². The Labute approximate surface area is 161 Å². The normalized spacial score (nSPS) is 19.2. The first-order valence-corrected chi connectivity index (χ1v) is 10.7. The third kappa shape index (κ3) is 5.43. The van der Waals surface area contributed by atoms with E-state index in [9.17, 15) is 4.79 Å². The highest BCUT2D eigenvalue weighted by molar-refractivity contribution is 7.11. The molecule has 1 aromatic rings. The number of ether oxygens (including phenoxy) is 1. The average Bonchev–Trinajstić information content (AvgIpc) is 3.30. The molecule has 0 bridgehead atoms. The van der Waals surface area contributed by atoms with Crippen molar-refractivity contribution in [2.45, 2.75) is 78.5 Å². The van der Waals surface area contributed by atoms with E-state index in [0.29, 0.717) is 6.04 Å². The molecule has 1 aliphatic carbocycles. The zero-order valence-corrected chi connectivity index (χ0v) is 17.7. The highest BCUT2D eigenvalue weighted by Gasteiger charge is 2.33. The number of likely N-dealkylation sites (tertiary alicyclic amines) is 1. The number of carbonyl (C=O) groups is 1. The molecule has 0 unspecified atom stereocenters. The molecule has 26 heavy (non-hydrogen) atoms. The van der Waals surface area contributed by atoms with Crippen LogP contribution in [-0.2, 0) is 11.3 Å². The first-order chi connectivity index (χ1) is 12.2. The maximum atomic E-state index is 12.3. The molecule has 0 aromatic carbocycles. The van der Waals surface area contributed by atoms with Gasteiger partial charge in [-0.25, -0.2) is 9.78 Å². The van der Waals surface area contributed by atoms with Gasteiger partial charge in [-0.15, -0.1) is 11.3 Å². The standard InChI is InChI=1S/C20H33N3O2S/c1-14-18(26-15(2)21-14)13-23(12-16-6-7-16)17-8-10-22(11-9-17)19(24)25-20(3,4)5/h16-17H,6-13H2,1-5H3. The maximum Gasteiger partial charge on any atom is 0.410 e. The van der Waals surface area contributed by atoms with Gasteiger partial charge >= 0.3 is 6.09 Å². The van der Waals surface area contributed by atoms with Gasteiger partial charge in [-0.1, -0.05) is 0 Å². The van der Waals surface area contributed by atoms with E-state index < -0.39 is 5.60 Å². The molecule has 3 rings (SSSR count). The van der Waals surface area contributed by atoms with E-state index >= 15 is 0 Å². The largest absolute Gasteiger partial charge is 0.444 e. The molecule has 2 aliphatic rings. The highest BCUT2D eigenvalue weighted by Crippen LogP contribution is 2.33. The summed E-state index contributed by atoms with van der Waals surface area (Å²) in [5, 5.41) is 1.16. The Kier molecular flexibility index (Phi) is 5.92. The van der Waals surface area contributed by atoms with Gasteiger partial charge in [0.1, 0.15) is 5.60 Å². The second-order valence-corrected chi connectivity index (χ2v) is 10.1. The van der Waals surface area contributed by atoms with Gasteiger partial charge in [0.25, 0.3) is 0 Å². The van der Waals surface area contributed by atoms with Crippen LogP contribution in [0.2, 0.25) is 0 Å². The second-order valence-electron chi connectivity index (χ2n) is 8.81. The molecular formula is C20H33N3O2S. The van der Waals surface area contributed by atoms with Crippen molar-refractivity contribution in [1.29, 1.82) is 0 Å². The lowest BCUT2D eigenvalue weighted by Crippen LogP contribution is -2.48. The van der Waals surface area contributed by atoms with Crippen molar-refractivity contribution in [3.05, 3.63) is 15.6 Å². The minimum absolute atomic E-state index is 0.168. The van der Waals surface area contributed by atoms with Gasteiger partial charge in [-0.2, -0.15) is 0 Å². The molecular weight excluding hydrogens is 346 g/mol. The second kappa shape index (κ2) is 7.85. The van der Waals surface area contributed by atoms with Crippen LogP contribution in [0.1, 0.15) is 62.0 Å². The number of aromatic nitrogens is 1. The summed E-state index contributed by atoms with van der Waals surface area (Å²) in [7, 11) is 0. The van der Waals surface area contributed by atoms with Crippen molar-refractivity contribution >= 4 is 17.4 Å². The molecule has 6 heteroatoms. The first kappa shape index (κ1) is 19.6. The topological polar surface area (TPSA) is 45.7 Å². The van der Waals surface area contributed by atoms with E-state index in [1.807, 2.05) is 37.0 Å². The van der Waals surface area contributed by atoms with Gasteiger partial charge in [-0.3, -0.25) is 4.90 Å². The number of carbonyl (C=O) groups excluding carboxylic acids is 1. The van der Waals surface area contributed by atoms with E-state index in [-0.39, 0.29) is 6.09 Å². The van der Waals surface area contributed by atoms with Crippen molar-refractivity contribution in [2.75, 3.05) is 19.6 Å². The van der Waals surface area contributed by atoms with E-state index in [4.69, 9.17) is 4.74 Å². The van der Waals surface area contributed by atoms with Crippen LogP contribution in [0, 0.1) is 19.8 Å². The molecule has 1 aliphatic heterocycles. The third-order valence-electron chi connectivity index (χ3n) is 5.17. The van der Waals surface area contributed by atoms with Crippen LogP contribution in [0.5, 0.6) is 0 Å². The number of rotatable bonds is 5. The molecule has 146 valence electrons. The summed E-state index contributed by atoms with van der Waals surface area (Å²) in [5.74, 6) is 0.869. The Bertz CT molecular complexity index is 625. The Morgan fingerprint density at radius 1 is 1.23 bits per heavy atom. The summed E-state index contributed by atoms with van der Waals surface area (Å²) in [6, 6.07) is 0.552. The third-order valence-corrected chi connectivity index (χ3v) is 6.23. The molecule has 1 saturated carbocycles. The van der Waals surface area contributed by atoms with Crippen LogP contribution in [0.4, 0.5) is 4.79 Å². The monoisotopic (exact) mass is 379 g/mol. The summed E-state index contributed by atoms with van der Waals surface area (Å²) < 4.78 is 5.53. The minimum Gasteiger partial charge on any atom is -0.444 e. The number of thiazole rings is 1. The van der Waals surface area contributed by atoms with E-state index in [2.05, 4.69) is 23.7 Å². The van der Waals surface area contributed by atoms with Crippen LogP contribution in [0.3, 0.4) is 0 Å². The number of hydrogen-bond acceptors (Lipinski definition) is 5. The summed E-state index contributed by atoms with van der Waals surface area (Å²) in [6.45, 7) is 13.8. The Morgan fingerprint density at radius 2 is 1.88 bits per heavy atom. The fraction of sp³-hybridized carbons (Fsp3) is 0.800.